The number of para-hydroxylation sites is 1. The van der Waals surface area contributed by atoms with Gasteiger partial charge in [-0.05, 0) is 49.7 Å². The molecule has 1 aliphatic heterocycles. The van der Waals surface area contributed by atoms with Gasteiger partial charge in [0.1, 0.15) is 0 Å². The van der Waals surface area contributed by atoms with Crippen LogP contribution >= 0.6 is 11.8 Å². The van der Waals surface area contributed by atoms with Crippen molar-refractivity contribution < 1.29 is 19.1 Å². The van der Waals surface area contributed by atoms with Crippen LogP contribution in [0.5, 0.6) is 11.5 Å². The minimum absolute atomic E-state index is 0.0415. The summed E-state index contributed by atoms with van der Waals surface area (Å²) in [5.41, 5.74) is 4.86. The van der Waals surface area contributed by atoms with E-state index < -0.39 is 0 Å². The average molecular weight is 516 g/mol. The maximum Gasteiger partial charge on any atom is 0.251 e. The van der Waals surface area contributed by atoms with Crippen molar-refractivity contribution in [2.24, 2.45) is 0 Å². The molecule has 3 aromatic carbocycles. The van der Waals surface area contributed by atoms with Gasteiger partial charge in [0, 0.05) is 47.2 Å². The molecular weight excluding hydrogens is 486 g/mol. The van der Waals surface area contributed by atoms with E-state index in [0.717, 1.165) is 38.2 Å². The van der Waals surface area contributed by atoms with Crippen LogP contribution in [0.25, 0.3) is 10.9 Å². The molecule has 2 N–H and O–H groups in total. The number of hydrogen-bond donors (Lipinski definition) is 2. The van der Waals surface area contributed by atoms with Crippen molar-refractivity contribution in [3.63, 3.8) is 0 Å². The molecule has 0 bridgehead atoms. The molecule has 8 heteroatoms. The minimum Gasteiger partial charge on any atom is -0.454 e. The van der Waals surface area contributed by atoms with Crippen LogP contribution in [0.1, 0.15) is 27.0 Å². The summed E-state index contributed by atoms with van der Waals surface area (Å²) in [6.07, 6.45) is 2.06. The van der Waals surface area contributed by atoms with E-state index in [-0.39, 0.29) is 18.6 Å². The summed E-state index contributed by atoms with van der Waals surface area (Å²) in [7, 11) is 0. The van der Waals surface area contributed by atoms with Crippen LogP contribution in [-0.4, -0.2) is 35.5 Å². The number of amides is 2. The smallest absolute Gasteiger partial charge is 0.251 e. The van der Waals surface area contributed by atoms with Crippen LogP contribution in [-0.2, 0) is 17.9 Å². The van der Waals surface area contributed by atoms with E-state index in [0.29, 0.717) is 36.7 Å². The largest absolute Gasteiger partial charge is 0.454 e. The zero-order chi connectivity index (χ0) is 25.8. The third kappa shape index (κ3) is 5.91. The molecule has 0 atom stereocenters. The lowest BCUT2D eigenvalue weighted by Gasteiger charge is -2.09. The Kier molecular flexibility index (Phi) is 7.37. The maximum atomic E-state index is 12.6. The van der Waals surface area contributed by atoms with Crippen LogP contribution in [0.3, 0.4) is 0 Å². The van der Waals surface area contributed by atoms with Crippen molar-refractivity contribution in [3.8, 4) is 11.5 Å². The van der Waals surface area contributed by atoms with Crippen molar-refractivity contribution in [1.82, 2.24) is 15.2 Å². The lowest BCUT2D eigenvalue weighted by Crippen LogP contribution is -2.27. The van der Waals surface area contributed by atoms with Crippen LogP contribution in [0.4, 0.5) is 0 Å². The summed E-state index contributed by atoms with van der Waals surface area (Å²) < 4.78 is 12.9. The molecular formula is C29H29N3O4S. The number of hydrogen-bond acceptors (Lipinski definition) is 5. The van der Waals surface area contributed by atoms with E-state index in [1.54, 1.807) is 0 Å². The predicted molar refractivity (Wildman–Crippen MR) is 145 cm³/mol. The summed E-state index contributed by atoms with van der Waals surface area (Å²) >= 11 is 1.51. The van der Waals surface area contributed by atoms with Gasteiger partial charge in [-0.25, -0.2) is 0 Å². The maximum absolute atomic E-state index is 12.6. The predicted octanol–water partition coefficient (Wildman–Crippen LogP) is 4.83. The molecule has 1 aromatic heterocycles. The first-order valence-electron chi connectivity index (χ1n) is 12.2. The normalized spacial score (nSPS) is 12.1. The van der Waals surface area contributed by atoms with Gasteiger partial charge < -0.3 is 24.7 Å². The Balaban J connectivity index is 1.17. The lowest BCUT2D eigenvalue weighted by molar-refractivity contribution is -0.118. The van der Waals surface area contributed by atoms with Crippen molar-refractivity contribution >= 4 is 34.5 Å². The quantitative estimate of drug-likeness (QED) is 0.312. The Labute approximate surface area is 220 Å². The number of rotatable bonds is 9. The number of aryl methyl sites for hydroxylation is 2. The summed E-state index contributed by atoms with van der Waals surface area (Å²) in [6, 6.07) is 19.7. The Morgan fingerprint density at radius 1 is 0.946 bits per heavy atom. The molecule has 5 rings (SSSR count). The molecule has 0 fully saturated rings. The number of nitrogens with one attached hydrogen (secondary N) is 2. The second kappa shape index (κ2) is 11.0. The third-order valence-electron chi connectivity index (χ3n) is 6.16. The second-order valence-electron chi connectivity index (χ2n) is 9.09. The number of carbonyl (C=O) groups excluding carboxylic acids is 2. The van der Waals surface area contributed by atoms with E-state index in [9.17, 15) is 9.59 Å². The molecule has 0 saturated heterocycles. The highest BCUT2D eigenvalue weighted by Gasteiger charge is 2.15. The number of carbonyl (C=O) groups is 2. The van der Waals surface area contributed by atoms with Gasteiger partial charge in [-0.1, -0.05) is 41.5 Å². The Hall–Kier alpha value is -3.91. The second-order valence-corrected chi connectivity index (χ2v) is 10.1. The lowest BCUT2D eigenvalue weighted by atomic mass is 10.1. The van der Waals surface area contributed by atoms with Crippen molar-refractivity contribution in [2.45, 2.75) is 31.8 Å². The van der Waals surface area contributed by atoms with E-state index >= 15 is 0 Å². The molecule has 0 aliphatic carbocycles. The number of nitrogens with zero attached hydrogens (tertiary/aromatic N) is 1. The number of thioether (sulfide) groups is 1. The van der Waals surface area contributed by atoms with Gasteiger partial charge in [0.25, 0.3) is 5.91 Å². The molecule has 2 heterocycles. The summed E-state index contributed by atoms with van der Waals surface area (Å²) in [5.74, 6) is 1.63. The average Bonchev–Trinajstić information content (AvgIpc) is 3.50. The van der Waals surface area contributed by atoms with Gasteiger partial charge in [0.2, 0.25) is 12.7 Å². The van der Waals surface area contributed by atoms with Crippen LogP contribution in [0.2, 0.25) is 0 Å². The summed E-state index contributed by atoms with van der Waals surface area (Å²) in [4.78, 5) is 26.2. The van der Waals surface area contributed by atoms with E-state index in [4.69, 9.17) is 9.47 Å². The molecule has 0 saturated carbocycles. The molecule has 7 nitrogen and oxygen atoms in total. The van der Waals surface area contributed by atoms with Crippen molar-refractivity contribution in [1.29, 1.82) is 0 Å². The highest BCUT2D eigenvalue weighted by molar-refractivity contribution is 8.00. The van der Waals surface area contributed by atoms with Crippen molar-refractivity contribution in [3.05, 3.63) is 89.1 Å². The molecule has 37 heavy (non-hydrogen) atoms. The van der Waals surface area contributed by atoms with Crippen LogP contribution in [0, 0.1) is 13.8 Å². The Bertz CT molecular complexity index is 1440. The number of benzene rings is 3. The highest BCUT2D eigenvalue weighted by atomic mass is 32.2. The third-order valence-corrected chi connectivity index (χ3v) is 7.20. The minimum atomic E-state index is -0.0722. The topological polar surface area (TPSA) is 81.6 Å². The number of ether oxygens (including phenoxy) is 2. The van der Waals surface area contributed by atoms with Gasteiger partial charge in [-0.3, -0.25) is 9.59 Å². The van der Waals surface area contributed by atoms with Crippen molar-refractivity contribution in [2.75, 3.05) is 19.1 Å². The highest BCUT2D eigenvalue weighted by Crippen LogP contribution is 2.33. The summed E-state index contributed by atoms with van der Waals surface area (Å²) in [6.45, 7) is 5.78. The first kappa shape index (κ1) is 24.8. The zero-order valence-corrected chi connectivity index (χ0v) is 21.7. The standard InChI is InChI=1S/C29H29N3O4S/c1-19-11-20(2)13-22(12-19)29(34)30-9-10-32-16-27(23-5-3-4-6-24(23)32)37-17-28(33)31-15-21-7-8-25-26(14-21)36-18-35-25/h3-8,11-14,16H,9-10,15,17-18H2,1-2H3,(H,30,34)(H,31,33). The van der Waals surface area contributed by atoms with Crippen LogP contribution < -0.4 is 20.1 Å². The zero-order valence-electron chi connectivity index (χ0n) is 20.9. The van der Waals surface area contributed by atoms with E-state index in [1.807, 2.05) is 56.3 Å². The first-order valence-corrected chi connectivity index (χ1v) is 13.2. The van der Waals surface area contributed by atoms with E-state index in [1.165, 1.54) is 11.8 Å². The fourth-order valence-electron chi connectivity index (χ4n) is 4.46. The SMILES string of the molecule is Cc1cc(C)cc(C(=O)NCCn2cc(SCC(=O)NCc3ccc4c(c3)OCO4)c3ccccc32)c1. The fraction of sp³-hybridized carbons (Fsp3) is 0.241. The molecule has 1 aliphatic rings. The molecule has 2 amide bonds. The molecule has 190 valence electrons. The van der Waals surface area contributed by atoms with E-state index in [2.05, 4.69) is 39.6 Å². The van der Waals surface area contributed by atoms with Crippen LogP contribution in [0.15, 0.2) is 71.8 Å². The summed E-state index contributed by atoms with van der Waals surface area (Å²) in [5, 5.41) is 7.10. The van der Waals surface area contributed by atoms with Gasteiger partial charge >= 0.3 is 0 Å². The van der Waals surface area contributed by atoms with Gasteiger partial charge in [0.15, 0.2) is 11.5 Å². The van der Waals surface area contributed by atoms with Gasteiger partial charge in [0.05, 0.1) is 5.75 Å². The molecule has 4 aromatic rings. The number of aromatic nitrogens is 1. The molecule has 0 spiro atoms. The van der Waals surface area contributed by atoms with Gasteiger partial charge in [-0.2, -0.15) is 0 Å². The Morgan fingerprint density at radius 3 is 2.57 bits per heavy atom. The first-order chi connectivity index (χ1) is 18.0. The fourth-order valence-corrected chi connectivity index (χ4v) is 5.38. The molecule has 0 unspecified atom stereocenters. The number of fused-ring (bicyclic) bond motifs is 2. The van der Waals surface area contributed by atoms with Gasteiger partial charge in [-0.15, -0.1) is 11.8 Å². The monoisotopic (exact) mass is 515 g/mol. The molecule has 0 radical (unpaired) electrons. The Morgan fingerprint density at radius 2 is 1.73 bits per heavy atom.